The van der Waals surface area contributed by atoms with Gasteiger partial charge < -0.3 is 15.4 Å². The fourth-order valence-corrected chi connectivity index (χ4v) is 2.14. The number of aryl methyl sites for hydroxylation is 1. The molecule has 2 rings (SSSR count). The second-order valence-electron chi connectivity index (χ2n) is 4.43. The molecule has 0 unspecified atom stereocenters. The Morgan fingerprint density at radius 3 is 3.06 bits per heavy atom. The minimum Gasteiger partial charge on any atom is -0.376 e. The molecule has 1 aliphatic heterocycles. The van der Waals surface area contributed by atoms with E-state index in [1.807, 2.05) is 6.92 Å². The van der Waals surface area contributed by atoms with Gasteiger partial charge in [0.1, 0.15) is 5.82 Å². The molecule has 1 aliphatic rings. The lowest BCUT2D eigenvalue weighted by atomic mass is 10.2. The summed E-state index contributed by atoms with van der Waals surface area (Å²) in [7, 11) is 0. The average Bonchev–Trinajstić information content (AvgIpc) is 2.83. The molecule has 1 atom stereocenters. The van der Waals surface area contributed by atoms with E-state index < -0.39 is 0 Å². The molecule has 1 fully saturated rings. The van der Waals surface area contributed by atoms with E-state index in [0.29, 0.717) is 11.7 Å². The van der Waals surface area contributed by atoms with Crippen LogP contribution in [0.25, 0.3) is 0 Å². The molecule has 1 heterocycles. The lowest BCUT2D eigenvalue weighted by Gasteiger charge is -2.15. The molecule has 0 radical (unpaired) electrons. The van der Waals surface area contributed by atoms with Crippen molar-refractivity contribution in [3.63, 3.8) is 0 Å². The zero-order valence-electron chi connectivity index (χ0n) is 10.3. The topological polar surface area (TPSA) is 33.3 Å². The van der Waals surface area contributed by atoms with Crippen LogP contribution in [0.2, 0.25) is 0 Å². The molecule has 2 N–H and O–H groups in total. The van der Waals surface area contributed by atoms with Gasteiger partial charge in [-0.3, -0.25) is 0 Å². The van der Waals surface area contributed by atoms with Crippen molar-refractivity contribution < 1.29 is 9.13 Å². The molecule has 3 nitrogen and oxygen atoms in total. The molecular formula is C13H17FN2OS. The summed E-state index contributed by atoms with van der Waals surface area (Å²) in [4.78, 5) is 0. The number of hydrogen-bond donors (Lipinski definition) is 2. The first-order valence-corrected chi connectivity index (χ1v) is 6.48. The monoisotopic (exact) mass is 268 g/mol. The largest absolute Gasteiger partial charge is 0.376 e. The van der Waals surface area contributed by atoms with E-state index in [1.165, 1.54) is 12.1 Å². The van der Waals surface area contributed by atoms with Crippen molar-refractivity contribution in [3.05, 3.63) is 29.6 Å². The van der Waals surface area contributed by atoms with E-state index in [2.05, 4.69) is 10.6 Å². The molecule has 1 aromatic rings. The van der Waals surface area contributed by atoms with Gasteiger partial charge in [-0.25, -0.2) is 4.39 Å². The van der Waals surface area contributed by atoms with Gasteiger partial charge in [-0.05, 0) is 55.7 Å². The Labute approximate surface area is 112 Å². The molecule has 1 aromatic carbocycles. The molecule has 0 aliphatic carbocycles. The number of halogens is 1. The van der Waals surface area contributed by atoms with Gasteiger partial charge in [-0.2, -0.15) is 0 Å². The van der Waals surface area contributed by atoms with Gasteiger partial charge in [0.05, 0.1) is 6.10 Å². The third-order valence-corrected chi connectivity index (χ3v) is 3.20. The van der Waals surface area contributed by atoms with Gasteiger partial charge >= 0.3 is 0 Å². The van der Waals surface area contributed by atoms with Gasteiger partial charge in [0.2, 0.25) is 0 Å². The van der Waals surface area contributed by atoms with E-state index in [4.69, 9.17) is 17.0 Å². The van der Waals surface area contributed by atoms with E-state index >= 15 is 0 Å². The smallest absolute Gasteiger partial charge is 0.170 e. The van der Waals surface area contributed by atoms with Crippen molar-refractivity contribution in [1.82, 2.24) is 5.32 Å². The Hall–Kier alpha value is -1.20. The number of benzene rings is 1. The molecule has 98 valence electrons. The van der Waals surface area contributed by atoms with Crippen molar-refractivity contribution in [1.29, 1.82) is 0 Å². The van der Waals surface area contributed by atoms with Crippen molar-refractivity contribution in [2.75, 3.05) is 18.5 Å². The van der Waals surface area contributed by atoms with Crippen LogP contribution in [0.4, 0.5) is 10.1 Å². The number of ether oxygens (including phenoxy) is 1. The minimum absolute atomic E-state index is 0.240. The lowest BCUT2D eigenvalue weighted by molar-refractivity contribution is 0.114. The maximum Gasteiger partial charge on any atom is 0.170 e. The zero-order valence-corrected chi connectivity index (χ0v) is 11.1. The third-order valence-electron chi connectivity index (χ3n) is 2.95. The van der Waals surface area contributed by atoms with Crippen LogP contribution in [-0.2, 0) is 4.74 Å². The number of rotatable bonds is 3. The first-order chi connectivity index (χ1) is 8.65. The van der Waals surface area contributed by atoms with Crippen LogP contribution in [0.15, 0.2) is 18.2 Å². The molecule has 0 amide bonds. The summed E-state index contributed by atoms with van der Waals surface area (Å²) in [6, 6.07) is 4.58. The molecule has 1 saturated heterocycles. The van der Waals surface area contributed by atoms with E-state index in [1.54, 1.807) is 6.07 Å². The van der Waals surface area contributed by atoms with Gasteiger partial charge in [0.25, 0.3) is 0 Å². The zero-order chi connectivity index (χ0) is 13.0. The maximum absolute atomic E-state index is 12.9. The molecule has 18 heavy (non-hydrogen) atoms. The van der Waals surface area contributed by atoms with Gasteiger partial charge in [0.15, 0.2) is 5.11 Å². The quantitative estimate of drug-likeness (QED) is 0.826. The summed E-state index contributed by atoms with van der Waals surface area (Å²) in [6.45, 7) is 3.39. The van der Waals surface area contributed by atoms with Gasteiger partial charge in [0, 0.05) is 18.8 Å². The summed E-state index contributed by atoms with van der Waals surface area (Å²) in [6.07, 6.45) is 2.44. The predicted octanol–water partition coefficient (Wildman–Crippen LogP) is 2.60. The van der Waals surface area contributed by atoms with Crippen molar-refractivity contribution >= 4 is 23.0 Å². The molecule has 0 saturated carbocycles. The second-order valence-corrected chi connectivity index (χ2v) is 4.84. The highest BCUT2D eigenvalue weighted by molar-refractivity contribution is 7.80. The molecular weight excluding hydrogens is 251 g/mol. The number of thiocarbonyl (C=S) groups is 1. The van der Waals surface area contributed by atoms with E-state index in [-0.39, 0.29) is 11.9 Å². The summed E-state index contributed by atoms with van der Waals surface area (Å²) in [5.41, 5.74) is 1.65. The number of nitrogens with one attached hydrogen (secondary N) is 2. The highest BCUT2D eigenvalue weighted by Crippen LogP contribution is 2.15. The van der Waals surface area contributed by atoms with Crippen molar-refractivity contribution in [2.45, 2.75) is 25.9 Å². The van der Waals surface area contributed by atoms with E-state index in [0.717, 1.165) is 30.7 Å². The van der Waals surface area contributed by atoms with Crippen LogP contribution in [0.3, 0.4) is 0 Å². The van der Waals surface area contributed by atoms with Gasteiger partial charge in [-0.1, -0.05) is 0 Å². The highest BCUT2D eigenvalue weighted by Gasteiger charge is 2.15. The van der Waals surface area contributed by atoms with Crippen LogP contribution in [0, 0.1) is 12.7 Å². The van der Waals surface area contributed by atoms with E-state index in [9.17, 15) is 4.39 Å². The summed E-state index contributed by atoms with van der Waals surface area (Å²) in [5, 5.41) is 6.72. The predicted molar refractivity (Wildman–Crippen MR) is 74.3 cm³/mol. The average molecular weight is 268 g/mol. The molecule has 0 aromatic heterocycles. The normalized spacial score (nSPS) is 18.7. The van der Waals surface area contributed by atoms with Crippen LogP contribution >= 0.6 is 12.2 Å². The fraction of sp³-hybridized carbons (Fsp3) is 0.462. The van der Waals surface area contributed by atoms with Crippen LogP contribution in [-0.4, -0.2) is 24.4 Å². The van der Waals surface area contributed by atoms with Crippen LogP contribution < -0.4 is 10.6 Å². The Morgan fingerprint density at radius 1 is 1.56 bits per heavy atom. The van der Waals surface area contributed by atoms with Crippen molar-refractivity contribution in [2.24, 2.45) is 0 Å². The number of anilines is 1. The second kappa shape index (κ2) is 6.11. The van der Waals surface area contributed by atoms with Crippen LogP contribution in [0.1, 0.15) is 18.4 Å². The summed E-state index contributed by atoms with van der Waals surface area (Å²) in [5.74, 6) is -0.240. The van der Waals surface area contributed by atoms with Crippen LogP contribution in [0.5, 0.6) is 0 Å². The Kier molecular flexibility index (Phi) is 4.49. The Bertz CT molecular complexity index is 433. The standard InChI is InChI=1S/C13H17FN2OS/c1-9-7-10(14)4-5-12(9)16-13(18)15-8-11-3-2-6-17-11/h4-5,7,11H,2-3,6,8H2,1H3,(H2,15,16,18)/t11-/m1/s1. The maximum atomic E-state index is 12.9. The first-order valence-electron chi connectivity index (χ1n) is 6.08. The highest BCUT2D eigenvalue weighted by atomic mass is 32.1. The Balaban J connectivity index is 1.82. The first kappa shape index (κ1) is 13.2. The fourth-order valence-electron chi connectivity index (χ4n) is 1.95. The third kappa shape index (κ3) is 3.65. The van der Waals surface area contributed by atoms with Gasteiger partial charge in [-0.15, -0.1) is 0 Å². The minimum atomic E-state index is -0.240. The molecule has 0 spiro atoms. The lowest BCUT2D eigenvalue weighted by Crippen LogP contribution is -2.34. The molecule has 5 heteroatoms. The summed E-state index contributed by atoms with van der Waals surface area (Å²) < 4.78 is 18.4. The summed E-state index contributed by atoms with van der Waals surface area (Å²) >= 11 is 5.19. The SMILES string of the molecule is Cc1cc(F)ccc1NC(=S)NC[C@H]1CCCO1. The Morgan fingerprint density at radius 2 is 2.39 bits per heavy atom. The van der Waals surface area contributed by atoms with Crippen molar-refractivity contribution in [3.8, 4) is 0 Å². The number of hydrogen-bond acceptors (Lipinski definition) is 2. The molecule has 0 bridgehead atoms.